The summed E-state index contributed by atoms with van der Waals surface area (Å²) in [6, 6.07) is 0.897. The van der Waals surface area contributed by atoms with Gasteiger partial charge in [0.2, 0.25) is 0 Å². The molecule has 0 aromatic carbocycles. The van der Waals surface area contributed by atoms with E-state index in [1.165, 1.54) is 43.4 Å². The second-order valence-electron chi connectivity index (χ2n) is 5.93. The first-order valence-electron chi connectivity index (χ1n) is 7.72. The number of rotatable bonds is 5. The van der Waals surface area contributed by atoms with Gasteiger partial charge in [-0.15, -0.1) is 23.1 Å². The minimum atomic E-state index is -0.00741. The minimum absolute atomic E-state index is 0.00741. The van der Waals surface area contributed by atoms with Crippen LogP contribution < -0.4 is 16.4 Å². The van der Waals surface area contributed by atoms with Crippen LogP contribution in [0.15, 0.2) is 4.90 Å². The zero-order valence-corrected chi connectivity index (χ0v) is 14.0. The van der Waals surface area contributed by atoms with Gasteiger partial charge in [0.05, 0.1) is 10.6 Å². The van der Waals surface area contributed by atoms with Gasteiger partial charge in [-0.3, -0.25) is 4.79 Å². The van der Waals surface area contributed by atoms with E-state index in [9.17, 15) is 4.79 Å². The van der Waals surface area contributed by atoms with Gasteiger partial charge in [-0.2, -0.15) is 0 Å². The Bertz CT molecular complexity index is 519. The van der Waals surface area contributed by atoms with E-state index < -0.39 is 0 Å². The van der Waals surface area contributed by atoms with Crippen LogP contribution in [0.1, 0.15) is 54.6 Å². The first-order chi connectivity index (χ1) is 10.2. The number of hydrogen-bond acceptors (Lipinski definition) is 5. The van der Waals surface area contributed by atoms with Crippen LogP contribution in [0.3, 0.4) is 0 Å². The van der Waals surface area contributed by atoms with Crippen molar-refractivity contribution in [2.45, 2.75) is 61.9 Å². The predicted octanol–water partition coefficient (Wildman–Crippen LogP) is 3.69. The Morgan fingerprint density at radius 3 is 2.52 bits per heavy atom. The zero-order valence-electron chi connectivity index (χ0n) is 12.4. The Morgan fingerprint density at radius 1 is 1.19 bits per heavy atom. The molecule has 0 bridgehead atoms. The molecule has 0 radical (unpaired) electrons. The highest BCUT2D eigenvalue weighted by atomic mass is 32.2. The third-order valence-corrected chi connectivity index (χ3v) is 6.26. The lowest BCUT2D eigenvalue weighted by molar-refractivity contribution is 0.0956. The Balaban J connectivity index is 1.76. The lowest BCUT2D eigenvalue weighted by Gasteiger charge is -2.23. The first kappa shape index (κ1) is 15.0. The van der Waals surface area contributed by atoms with Crippen molar-refractivity contribution in [2.24, 2.45) is 0 Å². The van der Waals surface area contributed by atoms with Gasteiger partial charge in [-0.05, 0) is 31.9 Å². The monoisotopic (exact) mass is 325 g/mol. The van der Waals surface area contributed by atoms with E-state index >= 15 is 0 Å². The van der Waals surface area contributed by atoms with E-state index in [1.54, 1.807) is 11.8 Å². The normalized spacial score (nSPS) is 19.5. The second-order valence-corrected chi connectivity index (χ2v) is 7.77. The molecule has 0 unspecified atom stereocenters. The van der Waals surface area contributed by atoms with Crippen molar-refractivity contribution in [1.29, 1.82) is 0 Å². The summed E-state index contributed by atoms with van der Waals surface area (Å²) in [6.07, 6.45) is 10.6. The average molecular weight is 326 g/mol. The maximum absolute atomic E-state index is 12.3. The molecule has 1 amide bonds. The van der Waals surface area contributed by atoms with Gasteiger partial charge < -0.3 is 16.4 Å². The standard InChI is InChI=1S/C15H23N3OS2/c1-20-13-11(16)12(14(19)17-10-7-8-10)21-15(13)18-9-5-3-2-4-6-9/h9-10,18H,2-8,16H2,1H3,(H,17,19). The highest BCUT2D eigenvalue weighted by Gasteiger charge is 2.28. The third kappa shape index (κ3) is 3.48. The smallest absolute Gasteiger partial charge is 0.263 e. The number of anilines is 2. The fourth-order valence-corrected chi connectivity index (χ4v) is 4.81. The molecule has 4 nitrogen and oxygen atoms in total. The maximum Gasteiger partial charge on any atom is 0.263 e. The molecule has 1 aromatic rings. The van der Waals surface area contributed by atoms with E-state index in [-0.39, 0.29) is 5.91 Å². The van der Waals surface area contributed by atoms with Gasteiger partial charge >= 0.3 is 0 Å². The molecule has 1 heterocycles. The van der Waals surface area contributed by atoms with Crippen LogP contribution in [-0.2, 0) is 0 Å². The van der Waals surface area contributed by atoms with Crippen molar-refractivity contribution in [3.63, 3.8) is 0 Å². The van der Waals surface area contributed by atoms with Crippen LogP contribution in [0, 0.1) is 0 Å². The van der Waals surface area contributed by atoms with Crippen molar-refractivity contribution in [3.05, 3.63) is 4.88 Å². The van der Waals surface area contributed by atoms with Crippen LogP contribution in [0.2, 0.25) is 0 Å². The average Bonchev–Trinajstić information content (AvgIpc) is 3.24. The zero-order chi connectivity index (χ0) is 14.8. The van der Waals surface area contributed by atoms with Crippen LogP contribution in [0.5, 0.6) is 0 Å². The summed E-state index contributed by atoms with van der Waals surface area (Å²) in [5, 5.41) is 7.73. The molecule has 0 atom stereocenters. The molecule has 0 saturated heterocycles. The summed E-state index contributed by atoms with van der Waals surface area (Å²) in [4.78, 5) is 14.0. The number of carbonyl (C=O) groups is 1. The van der Waals surface area contributed by atoms with Gasteiger partial charge in [0.25, 0.3) is 5.91 Å². The van der Waals surface area contributed by atoms with Crippen molar-refractivity contribution in [1.82, 2.24) is 5.32 Å². The first-order valence-corrected chi connectivity index (χ1v) is 9.77. The lowest BCUT2D eigenvalue weighted by Crippen LogP contribution is -2.25. The lowest BCUT2D eigenvalue weighted by atomic mass is 9.96. The molecule has 2 aliphatic carbocycles. The van der Waals surface area contributed by atoms with Crippen molar-refractivity contribution in [3.8, 4) is 0 Å². The van der Waals surface area contributed by atoms with Gasteiger partial charge in [-0.25, -0.2) is 0 Å². The fourth-order valence-electron chi connectivity index (χ4n) is 2.81. The number of nitrogens with one attached hydrogen (secondary N) is 2. The highest BCUT2D eigenvalue weighted by molar-refractivity contribution is 7.99. The van der Waals surface area contributed by atoms with Gasteiger partial charge in [0, 0.05) is 12.1 Å². The molecule has 0 spiro atoms. The van der Waals surface area contributed by atoms with E-state index in [1.807, 2.05) is 6.26 Å². The molecule has 6 heteroatoms. The quantitative estimate of drug-likeness (QED) is 0.722. The predicted molar refractivity (Wildman–Crippen MR) is 91.5 cm³/mol. The Labute approximate surface area is 134 Å². The number of nitrogens with two attached hydrogens (primary N) is 1. The largest absolute Gasteiger partial charge is 0.396 e. The fraction of sp³-hybridized carbons (Fsp3) is 0.667. The molecule has 1 aromatic heterocycles. The number of nitrogen functional groups attached to an aromatic ring is 1. The van der Waals surface area contributed by atoms with Crippen LogP contribution >= 0.6 is 23.1 Å². The van der Waals surface area contributed by atoms with E-state index in [2.05, 4.69) is 10.6 Å². The molecule has 2 saturated carbocycles. The number of carbonyl (C=O) groups excluding carboxylic acids is 1. The summed E-state index contributed by atoms with van der Waals surface area (Å²) in [5.41, 5.74) is 6.85. The number of thiophene rings is 1. The summed E-state index contributed by atoms with van der Waals surface area (Å²) in [6.45, 7) is 0. The second kappa shape index (κ2) is 6.48. The van der Waals surface area contributed by atoms with Gasteiger partial charge in [0.15, 0.2) is 0 Å². The van der Waals surface area contributed by atoms with Crippen LogP contribution in [0.25, 0.3) is 0 Å². The molecule has 4 N–H and O–H groups in total. The maximum atomic E-state index is 12.3. The molecule has 21 heavy (non-hydrogen) atoms. The molecule has 3 rings (SSSR count). The summed E-state index contributed by atoms with van der Waals surface area (Å²) in [5.74, 6) is -0.00741. The Hall–Kier alpha value is -0.880. The van der Waals surface area contributed by atoms with Crippen molar-refractivity contribution < 1.29 is 4.79 Å². The van der Waals surface area contributed by atoms with E-state index in [4.69, 9.17) is 5.73 Å². The third-order valence-electron chi connectivity index (χ3n) is 4.16. The number of thioether (sulfide) groups is 1. The molecular weight excluding hydrogens is 302 g/mol. The van der Waals surface area contributed by atoms with Gasteiger partial charge in [-0.1, -0.05) is 19.3 Å². The SMILES string of the molecule is CSc1c(NC2CCCCC2)sc(C(=O)NC2CC2)c1N. The topological polar surface area (TPSA) is 67.2 Å². The molecule has 116 valence electrons. The van der Waals surface area contributed by atoms with Crippen LogP contribution in [-0.4, -0.2) is 24.2 Å². The number of amides is 1. The molecule has 2 fully saturated rings. The molecular formula is C15H23N3OS2. The Morgan fingerprint density at radius 2 is 1.90 bits per heavy atom. The summed E-state index contributed by atoms with van der Waals surface area (Å²) in [7, 11) is 0. The number of hydrogen-bond donors (Lipinski definition) is 3. The van der Waals surface area contributed by atoms with Crippen molar-refractivity contribution >= 4 is 39.7 Å². The molecule has 0 aliphatic heterocycles. The summed E-state index contributed by atoms with van der Waals surface area (Å²) >= 11 is 3.14. The summed E-state index contributed by atoms with van der Waals surface area (Å²) < 4.78 is 0. The van der Waals surface area contributed by atoms with Crippen molar-refractivity contribution in [2.75, 3.05) is 17.3 Å². The Kier molecular flexibility index (Phi) is 4.64. The highest BCUT2D eigenvalue weighted by Crippen LogP contribution is 2.43. The van der Waals surface area contributed by atoms with E-state index in [0.717, 1.165) is 22.7 Å². The van der Waals surface area contributed by atoms with Crippen LogP contribution in [0.4, 0.5) is 10.7 Å². The minimum Gasteiger partial charge on any atom is -0.396 e. The van der Waals surface area contributed by atoms with Gasteiger partial charge in [0.1, 0.15) is 9.88 Å². The molecule has 2 aliphatic rings. The van der Waals surface area contributed by atoms with E-state index in [0.29, 0.717) is 22.6 Å².